The first-order valence-corrected chi connectivity index (χ1v) is 5.14. The summed E-state index contributed by atoms with van der Waals surface area (Å²) in [5, 5.41) is 0. The predicted octanol–water partition coefficient (Wildman–Crippen LogP) is 1.07. The first kappa shape index (κ1) is 11.5. The minimum absolute atomic E-state index is 0.0683. The highest BCUT2D eigenvalue weighted by atomic mass is 16.5. The molecule has 0 bridgehead atoms. The average molecular weight is 199 g/mol. The van der Waals surface area contributed by atoms with Gasteiger partial charge in [0, 0.05) is 19.6 Å². The van der Waals surface area contributed by atoms with Crippen molar-refractivity contribution in [3.63, 3.8) is 0 Å². The summed E-state index contributed by atoms with van der Waals surface area (Å²) >= 11 is 0. The van der Waals surface area contributed by atoms with Crippen LogP contribution < -0.4 is 11.3 Å². The number of aliphatic imine (C=N–C) groups is 1. The molecular weight excluding hydrogens is 178 g/mol. The summed E-state index contributed by atoms with van der Waals surface area (Å²) in [6, 6.07) is 0. The zero-order valence-corrected chi connectivity index (χ0v) is 9.34. The molecule has 0 aromatic rings. The lowest BCUT2D eigenvalue weighted by atomic mass is 10.0. The van der Waals surface area contributed by atoms with Gasteiger partial charge < -0.3 is 10.2 Å². The van der Waals surface area contributed by atoms with Crippen LogP contribution in [0, 0.1) is 5.92 Å². The molecule has 82 valence electrons. The number of hydrogen-bond donors (Lipinski definition) is 2. The van der Waals surface area contributed by atoms with Crippen LogP contribution in [0.5, 0.6) is 0 Å². The van der Waals surface area contributed by atoms with Gasteiger partial charge in [-0.1, -0.05) is 0 Å². The van der Waals surface area contributed by atoms with Gasteiger partial charge in [-0.05, 0) is 33.1 Å². The number of hydrazine groups is 1. The van der Waals surface area contributed by atoms with Crippen molar-refractivity contribution in [2.45, 2.75) is 39.2 Å². The molecular formula is C10H21N3O. The Bertz CT molecular complexity index is 202. The maximum absolute atomic E-state index is 5.44. The molecule has 1 heterocycles. The molecule has 1 aliphatic rings. The first-order valence-electron chi connectivity index (χ1n) is 5.14. The number of ether oxygens (including phenoxy) is 1. The Labute approximate surface area is 85.9 Å². The molecule has 0 aromatic heterocycles. The molecule has 14 heavy (non-hydrogen) atoms. The summed E-state index contributed by atoms with van der Waals surface area (Å²) in [6.45, 7) is 7.91. The molecule has 0 aliphatic carbocycles. The second-order valence-corrected chi connectivity index (χ2v) is 4.81. The molecule has 1 aliphatic heterocycles. The van der Waals surface area contributed by atoms with Gasteiger partial charge in [0.05, 0.1) is 5.54 Å². The maximum atomic E-state index is 5.44. The van der Waals surface area contributed by atoms with E-state index in [1.807, 2.05) is 0 Å². The number of rotatable bonds is 2. The van der Waals surface area contributed by atoms with E-state index >= 15 is 0 Å². The normalized spacial score (nSPS) is 24.0. The van der Waals surface area contributed by atoms with Gasteiger partial charge in [0.15, 0.2) is 0 Å². The van der Waals surface area contributed by atoms with Crippen LogP contribution in [0.15, 0.2) is 4.99 Å². The third kappa shape index (κ3) is 4.07. The second kappa shape index (κ2) is 4.75. The van der Waals surface area contributed by atoms with Gasteiger partial charge in [-0.2, -0.15) is 0 Å². The maximum Gasteiger partial charge on any atom is 0.111 e. The van der Waals surface area contributed by atoms with E-state index in [1.165, 1.54) is 0 Å². The van der Waals surface area contributed by atoms with Crippen LogP contribution >= 0.6 is 0 Å². The fourth-order valence-electron chi connectivity index (χ4n) is 1.56. The van der Waals surface area contributed by atoms with Crippen LogP contribution in [0.4, 0.5) is 0 Å². The average Bonchev–Trinajstić information content (AvgIpc) is 2.53. The van der Waals surface area contributed by atoms with Gasteiger partial charge in [0.2, 0.25) is 0 Å². The van der Waals surface area contributed by atoms with E-state index in [2.05, 4.69) is 31.2 Å². The van der Waals surface area contributed by atoms with Crippen molar-refractivity contribution in [1.29, 1.82) is 0 Å². The van der Waals surface area contributed by atoms with E-state index < -0.39 is 0 Å². The minimum Gasteiger partial charge on any atom is -0.381 e. The molecule has 1 unspecified atom stereocenters. The van der Waals surface area contributed by atoms with Crippen molar-refractivity contribution < 1.29 is 4.74 Å². The van der Waals surface area contributed by atoms with E-state index in [0.717, 1.165) is 31.9 Å². The lowest BCUT2D eigenvalue weighted by molar-refractivity contribution is 0.186. The van der Waals surface area contributed by atoms with Crippen LogP contribution in [-0.2, 0) is 4.74 Å². The van der Waals surface area contributed by atoms with Crippen molar-refractivity contribution in [2.75, 3.05) is 13.2 Å². The van der Waals surface area contributed by atoms with Crippen molar-refractivity contribution >= 4 is 5.84 Å². The Morgan fingerprint density at radius 3 is 2.71 bits per heavy atom. The van der Waals surface area contributed by atoms with Crippen LogP contribution in [-0.4, -0.2) is 24.6 Å². The highest BCUT2D eigenvalue weighted by molar-refractivity contribution is 5.82. The van der Waals surface area contributed by atoms with Crippen molar-refractivity contribution in [2.24, 2.45) is 16.8 Å². The second-order valence-electron chi connectivity index (χ2n) is 4.81. The molecule has 0 spiro atoms. The highest BCUT2D eigenvalue weighted by Crippen LogP contribution is 2.17. The molecule has 0 saturated carbocycles. The van der Waals surface area contributed by atoms with E-state index in [1.54, 1.807) is 0 Å². The molecule has 4 nitrogen and oxygen atoms in total. The van der Waals surface area contributed by atoms with Crippen LogP contribution in [0.1, 0.15) is 33.6 Å². The lowest BCUT2D eigenvalue weighted by Gasteiger charge is -2.17. The van der Waals surface area contributed by atoms with Gasteiger partial charge >= 0.3 is 0 Å². The summed E-state index contributed by atoms with van der Waals surface area (Å²) in [7, 11) is 0. The molecule has 1 rings (SSSR count). The minimum atomic E-state index is -0.0683. The molecule has 1 saturated heterocycles. The van der Waals surface area contributed by atoms with Gasteiger partial charge in [0.25, 0.3) is 0 Å². The summed E-state index contributed by atoms with van der Waals surface area (Å²) < 4.78 is 5.31. The highest BCUT2D eigenvalue weighted by Gasteiger charge is 2.19. The van der Waals surface area contributed by atoms with Crippen molar-refractivity contribution in [3.8, 4) is 0 Å². The third-order valence-corrected chi connectivity index (χ3v) is 2.14. The quantitative estimate of drug-likeness (QED) is 0.303. The van der Waals surface area contributed by atoms with Crippen LogP contribution in [0.25, 0.3) is 0 Å². The molecule has 0 amide bonds. The Morgan fingerprint density at radius 2 is 2.29 bits per heavy atom. The topological polar surface area (TPSA) is 59.6 Å². The number of nitrogens with one attached hydrogen (secondary N) is 1. The molecule has 1 atom stereocenters. The number of amidine groups is 1. The zero-order chi connectivity index (χ0) is 10.6. The van der Waals surface area contributed by atoms with Crippen molar-refractivity contribution in [1.82, 2.24) is 5.43 Å². The van der Waals surface area contributed by atoms with E-state index in [-0.39, 0.29) is 5.54 Å². The monoisotopic (exact) mass is 199 g/mol. The summed E-state index contributed by atoms with van der Waals surface area (Å²) in [4.78, 5) is 4.52. The van der Waals surface area contributed by atoms with Gasteiger partial charge in [-0.3, -0.25) is 4.99 Å². The predicted molar refractivity (Wildman–Crippen MR) is 58.1 cm³/mol. The van der Waals surface area contributed by atoms with E-state index in [9.17, 15) is 0 Å². The smallest absolute Gasteiger partial charge is 0.111 e. The van der Waals surface area contributed by atoms with Gasteiger partial charge in [0.1, 0.15) is 5.84 Å². The molecule has 3 N–H and O–H groups in total. The number of nitrogens with two attached hydrogens (primary N) is 1. The summed E-state index contributed by atoms with van der Waals surface area (Å²) in [5.41, 5.74) is 2.61. The van der Waals surface area contributed by atoms with Gasteiger partial charge in [-0.15, -0.1) is 0 Å². The fraction of sp³-hybridized carbons (Fsp3) is 0.900. The van der Waals surface area contributed by atoms with Crippen molar-refractivity contribution in [3.05, 3.63) is 0 Å². The zero-order valence-electron chi connectivity index (χ0n) is 9.34. The fourth-order valence-corrected chi connectivity index (χ4v) is 1.56. The molecule has 4 heteroatoms. The third-order valence-electron chi connectivity index (χ3n) is 2.14. The number of nitrogens with zero attached hydrogens (tertiary/aromatic N) is 1. The molecule has 1 fully saturated rings. The van der Waals surface area contributed by atoms with Crippen LogP contribution in [0.3, 0.4) is 0 Å². The van der Waals surface area contributed by atoms with E-state index in [4.69, 9.17) is 10.6 Å². The first-order chi connectivity index (χ1) is 6.51. The Balaban J connectivity index is 2.49. The van der Waals surface area contributed by atoms with E-state index in [0.29, 0.717) is 5.92 Å². The molecule has 0 radical (unpaired) electrons. The Morgan fingerprint density at radius 1 is 1.57 bits per heavy atom. The number of hydrogen-bond acceptors (Lipinski definition) is 3. The largest absolute Gasteiger partial charge is 0.381 e. The van der Waals surface area contributed by atoms with Gasteiger partial charge in [-0.25, -0.2) is 5.84 Å². The summed E-state index contributed by atoms with van der Waals surface area (Å²) in [6.07, 6.45) is 2.01. The van der Waals surface area contributed by atoms with Crippen LogP contribution in [0.2, 0.25) is 0 Å². The summed E-state index contributed by atoms with van der Waals surface area (Å²) in [5.74, 6) is 6.89. The Kier molecular flexibility index (Phi) is 3.89. The lowest BCUT2D eigenvalue weighted by Crippen LogP contribution is -2.34. The molecule has 0 aromatic carbocycles. The standard InChI is InChI=1S/C10H21N3O/c1-10(2,3)12-9(13-11)6-8-4-5-14-7-8/h8H,4-7,11H2,1-3H3,(H,12,13). The SMILES string of the molecule is CC(C)(C)N=C(CC1CCOC1)NN. The Hall–Kier alpha value is -0.610.